The molecule has 1 aliphatic heterocycles. The van der Waals surface area contributed by atoms with E-state index in [9.17, 15) is 25.9 Å². The number of benzene rings is 3. The Kier molecular flexibility index (Phi) is 7.40. The van der Waals surface area contributed by atoms with Crippen LogP contribution in [0, 0.1) is 0 Å². The molecule has 0 bridgehead atoms. The number of nitrogens with zero attached hydrogens (tertiary/aromatic N) is 3. The lowest BCUT2D eigenvalue weighted by atomic mass is 10.1. The lowest BCUT2D eigenvalue weighted by Gasteiger charge is -2.43. The Morgan fingerprint density at radius 3 is 2.02 bits per heavy atom. The monoisotopic (exact) mass is 599 g/mol. The Morgan fingerprint density at radius 1 is 0.825 bits per heavy atom. The first-order valence-corrected chi connectivity index (χ1v) is 17.8. The molecular weight excluding hydrogens is 571 g/mol. The molecule has 210 valence electrons. The van der Waals surface area contributed by atoms with Crippen LogP contribution in [0.4, 0.5) is 22.9 Å². The molecule has 0 aliphatic carbocycles. The topological polar surface area (TPSA) is 128 Å². The minimum atomic E-state index is -3.50. The summed E-state index contributed by atoms with van der Waals surface area (Å²) in [5.74, 6) is 0.754. The van der Waals surface area contributed by atoms with E-state index in [1.54, 1.807) is 60.8 Å². The van der Waals surface area contributed by atoms with Crippen LogP contribution < -0.4 is 9.80 Å². The molecule has 0 radical (unpaired) electrons. The molecule has 1 aliphatic rings. The van der Waals surface area contributed by atoms with Crippen molar-refractivity contribution in [2.24, 2.45) is 0 Å². The molecule has 2 heterocycles. The predicted molar refractivity (Wildman–Crippen MR) is 159 cm³/mol. The first kappa shape index (κ1) is 28.1. The summed E-state index contributed by atoms with van der Waals surface area (Å²) in [4.78, 5) is 9.17. The molecule has 0 atom stereocenters. The fraction of sp³-hybridized carbons (Fsp3) is 0.179. The molecule has 3 aromatic carbocycles. The number of fused-ring (bicyclic) bond motifs is 1. The zero-order valence-corrected chi connectivity index (χ0v) is 24.3. The SMILES string of the molecule is CS(=O)(=O)c1cccc(N(Cc2cccnc2N2CCS(O)(O)c3ccccc32)c2cccc(S(C)(=O)=O)c2)c1. The van der Waals surface area contributed by atoms with Gasteiger partial charge in [-0.15, -0.1) is 0 Å². The molecule has 9 nitrogen and oxygen atoms in total. The number of para-hydroxylation sites is 1. The van der Waals surface area contributed by atoms with Crippen LogP contribution in [0.25, 0.3) is 0 Å². The van der Waals surface area contributed by atoms with Crippen LogP contribution in [0.5, 0.6) is 0 Å². The summed E-state index contributed by atoms with van der Waals surface area (Å²) >= 11 is 0. The van der Waals surface area contributed by atoms with Crippen molar-refractivity contribution in [2.45, 2.75) is 21.2 Å². The summed E-state index contributed by atoms with van der Waals surface area (Å²) in [5.41, 5.74) is 2.52. The van der Waals surface area contributed by atoms with E-state index in [4.69, 9.17) is 0 Å². The lowest BCUT2D eigenvalue weighted by molar-refractivity contribution is 0.483. The van der Waals surface area contributed by atoms with E-state index in [0.717, 1.165) is 18.1 Å². The highest BCUT2D eigenvalue weighted by Gasteiger charge is 2.31. The summed E-state index contributed by atoms with van der Waals surface area (Å²) < 4.78 is 70.8. The van der Waals surface area contributed by atoms with Crippen molar-refractivity contribution in [1.29, 1.82) is 0 Å². The largest absolute Gasteiger partial charge is 0.337 e. The molecule has 0 amide bonds. The highest BCUT2D eigenvalue weighted by atomic mass is 32.3. The van der Waals surface area contributed by atoms with Gasteiger partial charge in [0, 0.05) is 42.2 Å². The molecule has 4 aromatic rings. The number of sulfone groups is 2. The van der Waals surface area contributed by atoms with Crippen molar-refractivity contribution in [3.63, 3.8) is 0 Å². The van der Waals surface area contributed by atoms with Gasteiger partial charge in [0.05, 0.1) is 32.7 Å². The summed E-state index contributed by atoms with van der Waals surface area (Å²) in [6.45, 7) is 0.551. The maximum Gasteiger partial charge on any atom is 0.175 e. The Labute approximate surface area is 235 Å². The van der Waals surface area contributed by atoms with Crippen molar-refractivity contribution in [3.05, 3.63) is 96.7 Å². The van der Waals surface area contributed by atoms with Crippen LogP contribution >= 0.6 is 10.6 Å². The Bertz CT molecular complexity index is 1720. The van der Waals surface area contributed by atoms with Crippen molar-refractivity contribution >= 4 is 53.1 Å². The number of aromatic nitrogens is 1. The summed E-state index contributed by atoms with van der Waals surface area (Å²) in [5, 5.41) is 0. The van der Waals surface area contributed by atoms with Crippen LogP contribution in [0.1, 0.15) is 5.56 Å². The van der Waals surface area contributed by atoms with Gasteiger partial charge in [-0.1, -0.05) is 30.3 Å². The third-order valence-corrected chi connectivity index (χ3v) is 10.7. The Balaban J connectivity index is 1.64. The lowest BCUT2D eigenvalue weighted by Crippen LogP contribution is -2.31. The maximum atomic E-state index is 12.4. The van der Waals surface area contributed by atoms with Gasteiger partial charge < -0.3 is 9.80 Å². The van der Waals surface area contributed by atoms with Gasteiger partial charge in [-0.25, -0.2) is 21.8 Å². The van der Waals surface area contributed by atoms with Crippen molar-refractivity contribution in [1.82, 2.24) is 4.98 Å². The highest BCUT2D eigenvalue weighted by molar-refractivity contribution is 8.24. The average molecular weight is 600 g/mol. The summed E-state index contributed by atoms with van der Waals surface area (Å²) in [6, 6.07) is 23.8. The van der Waals surface area contributed by atoms with Crippen molar-refractivity contribution in [2.75, 3.05) is 34.6 Å². The maximum absolute atomic E-state index is 12.4. The molecule has 40 heavy (non-hydrogen) atoms. The van der Waals surface area contributed by atoms with Gasteiger partial charge in [-0.05, 0) is 54.6 Å². The van der Waals surface area contributed by atoms with Crippen molar-refractivity contribution < 1.29 is 25.9 Å². The van der Waals surface area contributed by atoms with Crippen LogP contribution in [-0.4, -0.2) is 55.7 Å². The summed E-state index contributed by atoms with van der Waals surface area (Å²) in [7, 11) is -9.94. The molecule has 0 unspecified atom stereocenters. The molecule has 0 saturated carbocycles. The number of anilines is 4. The van der Waals surface area contributed by atoms with Gasteiger partial charge in [-0.3, -0.25) is 9.11 Å². The fourth-order valence-electron chi connectivity index (χ4n) is 4.69. The minimum absolute atomic E-state index is 0.135. The second-order valence-electron chi connectivity index (χ2n) is 9.60. The van der Waals surface area contributed by atoms with Crippen molar-refractivity contribution in [3.8, 4) is 0 Å². The molecule has 0 fully saturated rings. The molecule has 12 heteroatoms. The van der Waals surface area contributed by atoms with Crippen LogP contribution in [-0.2, 0) is 26.2 Å². The van der Waals surface area contributed by atoms with Gasteiger partial charge in [0.2, 0.25) is 0 Å². The van der Waals surface area contributed by atoms with E-state index < -0.39 is 30.3 Å². The van der Waals surface area contributed by atoms with Crippen LogP contribution in [0.2, 0.25) is 0 Å². The zero-order valence-electron chi connectivity index (χ0n) is 21.9. The summed E-state index contributed by atoms with van der Waals surface area (Å²) in [6.07, 6.45) is 3.93. The normalized spacial score (nSPS) is 15.8. The Morgan fingerprint density at radius 2 is 1.43 bits per heavy atom. The molecule has 0 spiro atoms. The van der Waals surface area contributed by atoms with E-state index >= 15 is 0 Å². The van der Waals surface area contributed by atoms with E-state index in [1.807, 2.05) is 28.0 Å². The third-order valence-electron chi connectivity index (χ3n) is 6.67. The fourth-order valence-corrected chi connectivity index (χ4v) is 7.48. The number of pyridine rings is 1. The minimum Gasteiger partial charge on any atom is -0.337 e. The van der Waals surface area contributed by atoms with Crippen LogP contribution in [0.15, 0.2) is 106 Å². The van der Waals surface area contributed by atoms with Gasteiger partial charge in [0.15, 0.2) is 19.7 Å². The number of hydrogen-bond donors (Lipinski definition) is 2. The van der Waals surface area contributed by atoms with E-state index in [2.05, 4.69) is 4.98 Å². The van der Waals surface area contributed by atoms with Crippen LogP contribution in [0.3, 0.4) is 0 Å². The predicted octanol–water partition coefficient (Wildman–Crippen LogP) is 5.49. The standard InChI is InChI=1S/C28H29N3O6S3/c1-38(32,33)24-11-5-9-22(18-24)31(23-10-6-12-25(19-23)39(2,34)35)20-21-8-7-15-29-28(21)30-16-17-40(36,37)27-14-4-3-13-26(27)30/h3-15,18-19,36-37H,16-17,20H2,1-2H3. The van der Waals surface area contributed by atoms with E-state index in [1.165, 1.54) is 12.1 Å². The first-order chi connectivity index (χ1) is 18.8. The molecular formula is C28H29N3O6S3. The number of hydrogen-bond acceptors (Lipinski definition) is 9. The first-order valence-electron chi connectivity index (χ1n) is 12.3. The second-order valence-corrected chi connectivity index (χ2v) is 15.8. The van der Waals surface area contributed by atoms with Gasteiger partial charge in [0.25, 0.3) is 0 Å². The van der Waals surface area contributed by atoms with Gasteiger partial charge in [-0.2, -0.15) is 10.6 Å². The van der Waals surface area contributed by atoms with Gasteiger partial charge in [0.1, 0.15) is 5.82 Å². The second kappa shape index (κ2) is 10.5. The van der Waals surface area contributed by atoms with E-state index in [-0.39, 0.29) is 22.1 Å². The highest BCUT2D eigenvalue weighted by Crippen LogP contribution is 2.56. The molecule has 1 aromatic heterocycles. The average Bonchev–Trinajstić information content (AvgIpc) is 2.91. The molecule has 2 N–H and O–H groups in total. The smallest absolute Gasteiger partial charge is 0.175 e. The van der Waals surface area contributed by atoms with Gasteiger partial charge >= 0.3 is 0 Å². The Hall–Kier alpha value is -3.42. The third kappa shape index (κ3) is 5.72. The number of rotatable bonds is 7. The molecule has 0 saturated heterocycles. The quantitative estimate of drug-likeness (QED) is 0.283. The zero-order chi connectivity index (χ0) is 28.7. The molecule has 5 rings (SSSR count). The van der Waals surface area contributed by atoms with E-state index in [0.29, 0.717) is 34.3 Å².